The van der Waals surface area contributed by atoms with Crippen LogP contribution in [-0.2, 0) is 14.4 Å². The zero-order valence-corrected chi connectivity index (χ0v) is 14.5. The van der Waals surface area contributed by atoms with Gasteiger partial charge in [-0.1, -0.05) is 6.61 Å². The van der Waals surface area contributed by atoms with Crippen LogP contribution in [0.2, 0.25) is 0 Å². The molecule has 9 nitrogen and oxygen atoms in total. The number of hydrogen-bond acceptors (Lipinski definition) is 6. The van der Waals surface area contributed by atoms with Crippen LogP contribution < -0.4 is 41.0 Å². The second kappa shape index (κ2) is 42.9. The van der Waals surface area contributed by atoms with E-state index in [0.717, 1.165) is 20.8 Å². The first kappa shape index (κ1) is 36.5. The maximum absolute atomic E-state index is 9.00. The van der Waals surface area contributed by atoms with Gasteiger partial charge in [0.2, 0.25) is 0 Å². The summed E-state index contributed by atoms with van der Waals surface area (Å²) in [6.45, 7) is 7.49. The molecule has 118 valence electrons. The van der Waals surface area contributed by atoms with Crippen molar-refractivity contribution >= 4 is 17.9 Å². The minimum atomic E-state index is -0.833. The molecule has 0 radical (unpaired) electrons. The van der Waals surface area contributed by atoms with Crippen LogP contribution in [-0.4, -0.2) is 58.0 Å². The average molecular weight is 308 g/mol. The normalized spacial score (nSPS) is 6.15. The molecule has 0 aliphatic rings. The van der Waals surface area contributed by atoms with Gasteiger partial charge < -0.3 is 38.8 Å². The zero-order valence-electron chi connectivity index (χ0n) is 12.5. The summed E-state index contributed by atoms with van der Waals surface area (Å²) >= 11 is 0. The maximum atomic E-state index is 9.00. The summed E-state index contributed by atoms with van der Waals surface area (Å²) in [6, 6.07) is 0. The molecule has 0 amide bonds. The summed E-state index contributed by atoms with van der Waals surface area (Å²) in [7, 11) is 0. The van der Waals surface area contributed by atoms with Gasteiger partial charge in [0.15, 0.2) is 0 Å². The van der Waals surface area contributed by atoms with Crippen molar-refractivity contribution in [2.75, 3.05) is 19.7 Å². The number of aliphatic hydroxyl groups is 1. The van der Waals surface area contributed by atoms with E-state index in [1.165, 1.54) is 0 Å². The minimum Gasteiger partial charge on any atom is -0.481 e. The molecular formula is C10H25N2NaO7. The predicted molar refractivity (Wildman–Crippen MR) is 70.5 cm³/mol. The van der Waals surface area contributed by atoms with E-state index in [4.69, 9.17) is 46.3 Å². The Hall–Kier alpha value is -0.710. The van der Waals surface area contributed by atoms with Crippen molar-refractivity contribution < 1.29 is 64.4 Å². The van der Waals surface area contributed by atoms with E-state index in [-0.39, 0.29) is 36.2 Å². The average Bonchev–Trinajstić information content (AvgIpc) is 2.15. The SMILES string of the molecule is CC(=O)O.CC(=O)O.CC(=O)O.NCCN.[CH2-]CO.[Na+]. The number of carboxylic acid groups (broad SMARTS) is 3. The number of nitrogens with two attached hydrogens (primary N) is 2. The molecule has 0 aliphatic carbocycles. The molecule has 0 aliphatic heterocycles. The van der Waals surface area contributed by atoms with Crippen LogP contribution in [0, 0.1) is 6.92 Å². The van der Waals surface area contributed by atoms with E-state index in [9.17, 15) is 0 Å². The molecule has 0 aromatic carbocycles. The molecule has 20 heavy (non-hydrogen) atoms. The van der Waals surface area contributed by atoms with Crippen LogP contribution in [0.15, 0.2) is 0 Å². The Morgan fingerprint density at radius 1 is 0.850 bits per heavy atom. The van der Waals surface area contributed by atoms with E-state index in [0.29, 0.717) is 13.1 Å². The van der Waals surface area contributed by atoms with Gasteiger partial charge in [-0.25, -0.2) is 0 Å². The van der Waals surface area contributed by atoms with Crippen LogP contribution in [0.1, 0.15) is 20.8 Å². The maximum Gasteiger partial charge on any atom is 1.00 e. The van der Waals surface area contributed by atoms with Crippen molar-refractivity contribution in [3.63, 3.8) is 0 Å². The summed E-state index contributed by atoms with van der Waals surface area (Å²) in [6.07, 6.45) is 0. The van der Waals surface area contributed by atoms with Gasteiger partial charge in [-0.3, -0.25) is 14.4 Å². The Labute approximate surface area is 141 Å². The van der Waals surface area contributed by atoms with Crippen LogP contribution in [0.3, 0.4) is 0 Å². The number of carboxylic acids is 3. The first-order chi connectivity index (χ1) is 8.52. The standard InChI is InChI=1S/C2H8N2.3C2H4O2.C2H5O.Na/c3-1-2-4;3*1-2(3)4;1-2-3;/h1-4H2;3*1H3,(H,3,4);3H,1-2H2;/q;;;;-1;+1. The third-order valence-corrected chi connectivity index (χ3v) is 0.167. The number of aliphatic carboxylic acids is 3. The second-order valence-electron chi connectivity index (χ2n) is 2.36. The van der Waals surface area contributed by atoms with Crippen molar-refractivity contribution in [2.24, 2.45) is 11.5 Å². The monoisotopic (exact) mass is 308 g/mol. The molecule has 0 heterocycles. The second-order valence-corrected chi connectivity index (χ2v) is 2.36. The molecular weight excluding hydrogens is 283 g/mol. The van der Waals surface area contributed by atoms with Gasteiger partial charge in [0, 0.05) is 33.9 Å². The third-order valence-electron chi connectivity index (χ3n) is 0.167. The van der Waals surface area contributed by atoms with Crippen LogP contribution in [0.4, 0.5) is 0 Å². The molecule has 0 saturated carbocycles. The van der Waals surface area contributed by atoms with Crippen LogP contribution in [0.5, 0.6) is 0 Å². The molecule has 0 atom stereocenters. The Balaban J connectivity index is -0.0000000304. The van der Waals surface area contributed by atoms with Crippen molar-refractivity contribution in [1.29, 1.82) is 0 Å². The van der Waals surface area contributed by atoms with Crippen LogP contribution >= 0.6 is 0 Å². The van der Waals surface area contributed by atoms with Crippen molar-refractivity contribution in [3.8, 4) is 0 Å². The predicted octanol–water partition coefficient (Wildman–Crippen LogP) is -4.01. The van der Waals surface area contributed by atoms with Crippen molar-refractivity contribution in [3.05, 3.63) is 6.92 Å². The molecule has 0 saturated heterocycles. The molecule has 0 fully saturated rings. The Kier molecular flexibility index (Phi) is 78.4. The molecule has 8 N–H and O–H groups in total. The molecule has 0 unspecified atom stereocenters. The fourth-order valence-corrected chi connectivity index (χ4v) is 0. The van der Waals surface area contributed by atoms with Crippen molar-refractivity contribution in [1.82, 2.24) is 0 Å². The summed E-state index contributed by atoms with van der Waals surface area (Å²) in [5.74, 6) is -2.50. The van der Waals surface area contributed by atoms with E-state index >= 15 is 0 Å². The van der Waals surface area contributed by atoms with E-state index < -0.39 is 17.9 Å². The van der Waals surface area contributed by atoms with Gasteiger partial charge in [-0.05, 0) is 0 Å². The molecule has 0 spiro atoms. The largest absolute Gasteiger partial charge is 1.00 e. The summed E-state index contributed by atoms with van der Waals surface area (Å²) in [4.78, 5) is 27.0. The molecule has 0 rings (SSSR count). The Morgan fingerprint density at radius 3 is 0.900 bits per heavy atom. The first-order valence-corrected chi connectivity index (χ1v) is 4.92. The van der Waals surface area contributed by atoms with E-state index in [1.54, 1.807) is 0 Å². The summed E-state index contributed by atoms with van der Waals surface area (Å²) in [5, 5.41) is 29.7. The number of carbonyl (C=O) groups is 3. The molecule has 0 aromatic heterocycles. The van der Waals surface area contributed by atoms with Gasteiger partial charge in [-0.15, -0.1) is 0 Å². The summed E-state index contributed by atoms with van der Waals surface area (Å²) in [5.41, 5.74) is 9.81. The quantitative estimate of drug-likeness (QED) is 0.207. The smallest absolute Gasteiger partial charge is 0.481 e. The topological polar surface area (TPSA) is 184 Å². The molecule has 0 bridgehead atoms. The zero-order chi connectivity index (χ0) is 16.9. The number of hydrogen-bond donors (Lipinski definition) is 6. The van der Waals surface area contributed by atoms with Gasteiger partial charge in [-0.2, -0.15) is 0 Å². The third kappa shape index (κ3) is 54600. The first-order valence-electron chi connectivity index (χ1n) is 4.92. The fourth-order valence-electron chi connectivity index (χ4n) is 0. The van der Waals surface area contributed by atoms with Gasteiger partial charge in [0.25, 0.3) is 17.9 Å². The van der Waals surface area contributed by atoms with Crippen LogP contribution in [0.25, 0.3) is 0 Å². The fraction of sp³-hybridized carbons (Fsp3) is 0.600. The van der Waals surface area contributed by atoms with Gasteiger partial charge in [0.05, 0.1) is 0 Å². The van der Waals surface area contributed by atoms with E-state index in [1.807, 2.05) is 0 Å². The van der Waals surface area contributed by atoms with Gasteiger partial charge >= 0.3 is 29.6 Å². The number of rotatable bonds is 1. The summed E-state index contributed by atoms with van der Waals surface area (Å²) < 4.78 is 0. The molecule has 0 aromatic rings. The molecule has 10 heteroatoms. The van der Waals surface area contributed by atoms with Gasteiger partial charge in [0.1, 0.15) is 0 Å². The van der Waals surface area contributed by atoms with E-state index in [2.05, 4.69) is 6.92 Å². The Bertz CT molecular complexity index is 162. The minimum absolute atomic E-state index is 0. The Morgan fingerprint density at radius 2 is 0.900 bits per heavy atom. The number of aliphatic hydroxyl groups excluding tert-OH is 1. The van der Waals surface area contributed by atoms with Crippen molar-refractivity contribution in [2.45, 2.75) is 20.8 Å².